The summed E-state index contributed by atoms with van der Waals surface area (Å²) in [6.07, 6.45) is 5.41. The van der Waals surface area contributed by atoms with Crippen molar-refractivity contribution in [2.75, 3.05) is 0 Å². The third-order valence-electron chi connectivity index (χ3n) is 2.09. The first-order chi connectivity index (χ1) is 6.91. The van der Waals surface area contributed by atoms with Crippen LogP contribution < -0.4 is 0 Å². The summed E-state index contributed by atoms with van der Waals surface area (Å²) < 4.78 is 16.0. The van der Waals surface area contributed by atoms with Crippen LogP contribution in [0.4, 0.5) is 0 Å². The maximum absolute atomic E-state index is 11.8. The molecule has 0 aromatic carbocycles. The summed E-state index contributed by atoms with van der Waals surface area (Å²) in [6.45, 7) is 10.2. The Morgan fingerprint density at radius 3 is 2.13 bits per heavy atom. The molecule has 0 spiro atoms. The molecule has 15 heavy (non-hydrogen) atoms. The molecule has 1 atom stereocenters. The molecule has 0 aliphatic heterocycles. The van der Waals surface area contributed by atoms with Crippen LogP contribution in [-0.4, -0.2) is 15.0 Å². The highest BCUT2D eigenvalue weighted by Gasteiger charge is 2.26. The van der Waals surface area contributed by atoms with E-state index in [2.05, 4.69) is 18.2 Å². The van der Waals surface area contributed by atoms with Crippen molar-refractivity contribution in [2.24, 2.45) is 4.40 Å². The third kappa shape index (κ3) is 6.96. The quantitative estimate of drug-likeness (QED) is 0.504. The maximum atomic E-state index is 11.8. The first-order valence-corrected chi connectivity index (χ1v) is 7.01. The Kier molecular flexibility index (Phi) is 7.28. The van der Waals surface area contributed by atoms with Crippen LogP contribution in [0.25, 0.3) is 0 Å². The van der Waals surface area contributed by atoms with Gasteiger partial charge in [0.05, 0.1) is 5.71 Å². The van der Waals surface area contributed by atoms with Gasteiger partial charge in [0.2, 0.25) is 0 Å². The molecular formula is C12H25NOS. The van der Waals surface area contributed by atoms with Gasteiger partial charge in [0.1, 0.15) is 16.1 Å². The Balaban J connectivity index is 4.38. The number of unbranched alkanes of at least 4 members (excludes halogenated alkanes) is 1. The Morgan fingerprint density at radius 1 is 1.13 bits per heavy atom. The van der Waals surface area contributed by atoms with Gasteiger partial charge in [-0.3, -0.25) is 0 Å². The second-order valence-corrected chi connectivity index (χ2v) is 6.78. The molecule has 0 radical (unpaired) electrons. The maximum Gasteiger partial charge on any atom is 0.144 e. The van der Waals surface area contributed by atoms with E-state index >= 15 is 0 Å². The smallest absolute Gasteiger partial charge is 0.144 e. The molecule has 0 aliphatic carbocycles. The molecule has 0 saturated carbocycles. The van der Waals surface area contributed by atoms with Crippen molar-refractivity contribution in [1.29, 1.82) is 0 Å². The fourth-order valence-electron chi connectivity index (χ4n) is 1.14. The highest BCUT2D eigenvalue weighted by Crippen LogP contribution is 2.18. The van der Waals surface area contributed by atoms with Gasteiger partial charge in [0.15, 0.2) is 0 Å². The summed E-state index contributed by atoms with van der Waals surface area (Å²) in [4.78, 5) is 0. The molecular weight excluding hydrogens is 206 g/mol. The monoisotopic (exact) mass is 231 g/mol. The summed E-state index contributed by atoms with van der Waals surface area (Å²) in [5, 5.41) is 0. The van der Waals surface area contributed by atoms with E-state index in [9.17, 15) is 4.55 Å². The minimum atomic E-state index is -1.08. The molecule has 0 amide bonds. The van der Waals surface area contributed by atoms with Crippen LogP contribution in [0, 0.1) is 0 Å². The highest BCUT2D eigenvalue weighted by atomic mass is 32.2. The SMILES string of the molecule is CCCC/C(CCC)=N/[S@+]([O-])C(C)(C)C. The lowest BCUT2D eigenvalue weighted by molar-refractivity contribution is 0.561. The van der Waals surface area contributed by atoms with Gasteiger partial charge in [-0.25, -0.2) is 0 Å². The van der Waals surface area contributed by atoms with E-state index in [1.165, 1.54) is 6.42 Å². The van der Waals surface area contributed by atoms with E-state index in [0.717, 1.165) is 31.4 Å². The van der Waals surface area contributed by atoms with Gasteiger partial charge in [0.25, 0.3) is 0 Å². The molecule has 0 heterocycles. The normalized spacial score (nSPS) is 15.5. The molecule has 0 aromatic heterocycles. The molecule has 0 rings (SSSR count). The lowest BCUT2D eigenvalue weighted by Gasteiger charge is -2.19. The van der Waals surface area contributed by atoms with E-state index in [4.69, 9.17) is 0 Å². The molecule has 0 unspecified atom stereocenters. The lowest BCUT2D eigenvalue weighted by Crippen LogP contribution is -2.27. The van der Waals surface area contributed by atoms with Crippen molar-refractivity contribution < 1.29 is 4.55 Å². The summed E-state index contributed by atoms with van der Waals surface area (Å²) in [6, 6.07) is 0. The van der Waals surface area contributed by atoms with Crippen molar-refractivity contribution >= 4 is 17.1 Å². The van der Waals surface area contributed by atoms with Crippen molar-refractivity contribution in [1.82, 2.24) is 0 Å². The van der Waals surface area contributed by atoms with Crippen LogP contribution >= 0.6 is 0 Å². The zero-order chi connectivity index (χ0) is 11.9. The van der Waals surface area contributed by atoms with Gasteiger partial charge in [-0.1, -0.05) is 31.1 Å². The molecule has 0 bridgehead atoms. The second-order valence-electron chi connectivity index (χ2n) is 4.87. The van der Waals surface area contributed by atoms with Crippen LogP contribution in [0.3, 0.4) is 0 Å². The number of hydrogen-bond acceptors (Lipinski definition) is 2. The highest BCUT2D eigenvalue weighted by molar-refractivity contribution is 7.91. The van der Waals surface area contributed by atoms with Gasteiger partial charge in [-0.2, -0.15) is 0 Å². The summed E-state index contributed by atoms with van der Waals surface area (Å²) >= 11 is -1.08. The molecule has 0 saturated heterocycles. The van der Waals surface area contributed by atoms with Gasteiger partial charge in [-0.15, -0.1) is 0 Å². The van der Waals surface area contributed by atoms with Crippen molar-refractivity contribution in [3.63, 3.8) is 0 Å². The Hall–Kier alpha value is -0.0200. The zero-order valence-corrected chi connectivity index (χ0v) is 11.6. The Bertz CT molecular complexity index is 196. The third-order valence-corrected chi connectivity index (χ3v) is 3.57. The second kappa shape index (κ2) is 7.29. The molecule has 0 N–H and O–H groups in total. The van der Waals surface area contributed by atoms with Crippen molar-refractivity contribution in [2.45, 2.75) is 71.5 Å². The summed E-state index contributed by atoms with van der Waals surface area (Å²) in [7, 11) is 0. The summed E-state index contributed by atoms with van der Waals surface area (Å²) in [5.41, 5.74) is 1.13. The first kappa shape index (κ1) is 15.0. The minimum Gasteiger partial charge on any atom is -0.591 e. The average molecular weight is 231 g/mol. The number of rotatable bonds is 6. The molecule has 0 aromatic rings. The molecule has 0 fully saturated rings. The van der Waals surface area contributed by atoms with Crippen molar-refractivity contribution in [3.8, 4) is 0 Å². The summed E-state index contributed by atoms with van der Waals surface area (Å²) in [5.74, 6) is 0. The molecule has 2 nitrogen and oxygen atoms in total. The van der Waals surface area contributed by atoms with Gasteiger partial charge in [-0.05, 0) is 40.0 Å². The Morgan fingerprint density at radius 2 is 1.73 bits per heavy atom. The van der Waals surface area contributed by atoms with Crippen molar-refractivity contribution in [3.05, 3.63) is 0 Å². The van der Waals surface area contributed by atoms with E-state index in [1.807, 2.05) is 20.8 Å². The largest absolute Gasteiger partial charge is 0.591 e. The van der Waals surface area contributed by atoms with Crippen LogP contribution in [0.15, 0.2) is 4.40 Å². The van der Waals surface area contributed by atoms with Gasteiger partial charge in [0, 0.05) is 0 Å². The van der Waals surface area contributed by atoms with Crippen LogP contribution in [0.5, 0.6) is 0 Å². The number of hydrogen-bond donors (Lipinski definition) is 0. The average Bonchev–Trinajstić information content (AvgIpc) is 2.13. The molecule has 90 valence electrons. The van der Waals surface area contributed by atoms with E-state index < -0.39 is 11.4 Å². The van der Waals surface area contributed by atoms with Crippen LogP contribution in [-0.2, 0) is 11.4 Å². The zero-order valence-electron chi connectivity index (χ0n) is 10.8. The molecule has 3 heteroatoms. The number of nitrogens with zero attached hydrogens (tertiary/aromatic N) is 1. The van der Waals surface area contributed by atoms with E-state index in [0.29, 0.717) is 0 Å². The predicted octanol–water partition coefficient (Wildman–Crippen LogP) is 3.88. The topological polar surface area (TPSA) is 35.4 Å². The van der Waals surface area contributed by atoms with E-state index in [1.54, 1.807) is 0 Å². The van der Waals surface area contributed by atoms with Crippen LogP contribution in [0.2, 0.25) is 0 Å². The van der Waals surface area contributed by atoms with Gasteiger partial charge < -0.3 is 4.55 Å². The standard InChI is InChI=1S/C12H25NOS/c1-6-8-10-11(9-7-2)13-15(14)12(3,4)5/h6-10H2,1-5H3/b13-11+/t15-/m1/s1. The minimum absolute atomic E-state index is 0.231. The predicted molar refractivity (Wildman–Crippen MR) is 69.8 cm³/mol. The molecule has 0 aliphatic rings. The van der Waals surface area contributed by atoms with Gasteiger partial charge >= 0.3 is 0 Å². The lowest BCUT2D eigenvalue weighted by atomic mass is 10.1. The van der Waals surface area contributed by atoms with E-state index in [-0.39, 0.29) is 4.75 Å². The van der Waals surface area contributed by atoms with Crippen LogP contribution in [0.1, 0.15) is 66.7 Å². The Labute approximate surface area is 97.9 Å². The fourth-order valence-corrected chi connectivity index (χ4v) is 1.83. The fraction of sp³-hybridized carbons (Fsp3) is 0.917. The first-order valence-electron chi connectivity index (χ1n) is 5.90.